The van der Waals surface area contributed by atoms with E-state index < -0.39 is 0 Å². The molecular formula is C22H26N6O2. The zero-order valence-electron chi connectivity index (χ0n) is 17.1. The molecule has 3 heterocycles. The quantitative estimate of drug-likeness (QED) is 0.531. The van der Waals surface area contributed by atoms with E-state index in [0.29, 0.717) is 17.6 Å². The zero-order valence-corrected chi connectivity index (χ0v) is 17.1. The molecule has 0 radical (unpaired) electrons. The largest absolute Gasteiger partial charge is 0.393 e. The molecule has 8 nitrogen and oxygen atoms in total. The summed E-state index contributed by atoms with van der Waals surface area (Å²) >= 11 is 0. The van der Waals surface area contributed by atoms with E-state index in [0.717, 1.165) is 48.4 Å². The molecule has 1 aliphatic carbocycles. The van der Waals surface area contributed by atoms with Crippen molar-refractivity contribution in [3.8, 4) is 0 Å². The number of hydrogen-bond acceptors (Lipinski definition) is 6. The van der Waals surface area contributed by atoms with Gasteiger partial charge in [0, 0.05) is 17.3 Å². The van der Waals surface area contributed by atoms with Crippen LogP contribution in [0.4, 0.5) is 17.5 Å². The molecule has 30 heavy (non-hydrogen) atoms. The van der Waals surface area contributed by atoms with Crippen LogP contribution in [0.3, 0.4) is 0 Å². The molecule has 4 N–H and O–H groups in total. The molecule has 1 aromatic carbocycles. The van der Waals surface area contributed by atoms with Crippen molar-refractivity contribution >= 4 is 29.0 Å². The first-order valence-corrected chi connectivity index (χ1v) is 10.4. The van der Waals surface area contributed by atoms with Gasteiger partial charge in [-0.05, 0) is 69.4 Å². The normalized spacial score (nSPS) is 22.6. The zero-order chi connectivity index (χ0) is 20.9. The fraction of sp³-hybridized carbons (Fsp3) is 0.409. The number of rotatable bonds is 4. The molecular weight excluding hydrogens is 380 g/mol. The second-order valence-corrected chi connectivity index (χ2v) is 8.73. The third kappa shape index (κ3) is 3.37. The summed E-state index contributed by atoms with van der Waals surface area (Å²) in [4.78, 5) is 16.9. The summed E-state index contributed by atoms with van der Waals surface area (Å²) in [6, 6.07) is 11.9. The van der Waals surface area contributed by atoms with Gasteiger partial charge in [0.25, 0.3) is 5.91 Å². The highest BCUT2D eigenvalue weighted by Crippen LogP contribution is 2.32. The second-order valence-electron chi connectivity index (χ2n) is 8.73. The average molecular weight is 406 g/mol. The van der Waals surface area contributed by atoms with Gasteiger partial charge in [-0.2, -0.15) is 9.50 Å². The Balaban J connectivity index is 1.39. The molecule has 2 aliphatic rings. The number of carbonyl (C=O) groups is 1. The predicted molar refractivity (Wildman–Crippen MR) is 115 cm³/mol. The van der Waals surface area contributed by atoms with Crippen LogP contribution in [0.2, 0.25) is 0 Å². The number of benzene rings is 1. The Labute approximate surface area is 174 Å². The van der Waals surface area contributed by atoms with Crippen LogP contribution in [0.5, 0.6) is 0 Å². The molecule has 5 rings (SSSR count). The lowest BCUT2D eigenvalue weighted by Crippen LogP contribution is -2.32. The van der Waals surface area contributed by atoms with E-state index in [4.69, 9.17) is 0 Å². The van der Waals surface area contributed by atoms with Crippen molar-refractivity contribution in [2.45, 2.75) is 57.2 Å². The monoisotopic (exact) mass is 406 g/mol. The van der Waals surface area contributed by atoms with Gasteiger partial charge in [0.15, 0.2) is 5.65 Å². The highest BCUT2D eigenvalue weighted by molar-refractivity contribution is 6.00. The molecule has 0 saturated heterocycles. The standard InChI is InChI=1S/C22H26N6O2/c1-22(2)17-11-8-14(12-16(17)20(30)26-22)24-21-25-19-5-3-4-18(28(19)27-21)23-13-6-9-15(29)10-7-13/h3-5,8,11-13,15,23,29H,6-7,9-10H2,1-2H3,(H,24,27)(H,26,30)/t13-,15+. The SMILES string of the molecule is CC1(C)NC(=O)c2cc(Nc3nc4cccc(N[C@H]5CC[C@@H](O)CC5)n4n3)ccc21. The number of fused-ring (bicyclic) bond motifs is 2. The van der Waals surface area contributed by atoms with Gasteiger partial charge in [-0.3, -0.25) is 4.79 Å². The van der Waals surface area contributed by atoms with E-state index >= 15 is 0 Å². The summed E-state index contributed by atoms with van der Waals surface area (Å²) < 4.78 is 1.79. The van der Waals surface area contributed by atoms with E-state index in [1.165, 1.54) is 0 Å². The molecule has 0 bridgehead atoms. The van der Waals surface area contributed by atoms with Crippen molar-refractivity contribution in [1.82, 2.24) is 19.9 Å². The van der Waals surface area contributed by atoms with Crippen molar-refractivity contribution in [1.29, 1.82) is 0 Å². The maximum atomic E-state index is 12.3. The van der Waals surface area contributed by atoms with Crippen LogP contribution in [0.1, 0.15) is 55.5 Å². The first-order chi connectivity index (χ1) is 14.4. The lowest BCUT2D eigenvalue weighted by atomic mass is 9.93. The van der Waals surface area contributed by atoms with Crippen LogP contribution < -0.4 is 16.0 Å². The number of hydrogen-bond donors (Lipinski definition) is 4. The molecule has 1 aliphatic heterocycles. The number of nitrogens with zero attached hydrogens (tertiary/aromatic N) is 3. The van der Waals surface area contributed by atoms with Crippen molar-refractivity contribution < 1.29 is 9.90 Å². The number of nitrogens with one attached hydrogen (secondary N) is 3. The number of aliphatic hydroxyl groups is 1. The second kappa shape index (κ2) is 6.98. The van der Waals surface area contributed by atoms with Gasteiger partial charge in [0.05, 0.1) is 11.6 Å². The third-order valence-electron chi connectivity index (χ3n) is 6.03. The minimum atomic E-state index is -0.359. The number of pyridine rings is 1. The topological polar surface area (TPSA) is 104 Å². The first-order valence-electron chi connectivity index (χ1n) is 10.4. The van der Waals surface area contributed by atoms with E-state index in [2.05, 4.69) is 26.0 Å². The summed E-state index contributed by atoms with van der Waals surface area (Å²) in [7, 11) is 0. The van der Waals surface area contributed by atoms with Gasteiger partial charge < -0.3 is 21.1 Å². The van der Waals surface area contributed by atoms with Gasteiger partial charge in [-0.25, -0.2) is 0 Å². The molecule has 0 spiro atoms. The summed E-state index contributed by atoms with van der Waals surface area (Å²) in [5.41, 5.74) is 2.81. The summed E-state index contributed by atoms with van der Waals surface area (Å²) in [6.45, 7) is 3.99. The van der Waals surface area contributed by atoms with Gasteiger partial charge in [0.2, 0.25) is 5.95 Å². The molecule has 3 aromatic rings. The molecule has 1 fully saturated rings. The molecule has 1 amide bonds. The minimum Gasteiger partial charge on any atom is -0.393 e. The summed E-state index contributed by atoms with van der Waals surface area (Å²) in [5.74, 6) is 1.29. The van der Waals surface area contributed by atoms with Crippen LogP contribution in [0, 0.1) is 0 Å². The van der Waals surface area contributed by atoms with Crippen molar-refractivity contribution in [2.24, 2.45) is 0 Å². The molecule has 0 atom stereocenters. The minimum absolute atomic E-state index is 0.0642. The lowest BCUT2D eigenvalue weighted by Gasteiger charge is -2.26. The highest BCUT2D eigenvalue weighted by Gasteiger charge is 2.34. The number of amides is 1. The maximum Gasteiger partial charge on any atom is 0.252 e. The van der Waals surface area contributed by atoms with Crippen molar-refractivity contribution in [2.75, 3.05) is 10.6 Å². The van der Waals surface area contributed by atoms with Crippen LogP contribution in [-0.4, -0.2) is 37.8 Å². The average Bonchev–Trinajstić information content (AvgIpc) is 3.22. The fourth-order valence-corrected chi connectivity index (χ4v) is 4.40. The van der Waals surface area contributed by atoms with Crippen LogP contribution >= 0.6 is 0 Å². The fourth-order valence-electron chi connectivity index (χ4n) is 4.40. The van der Waals surface area contributed by atoms with Gasteiger partial charge in [0.1, 0.15) is 5.82 Å². The Morgan fingerprint density at radius 1 is 1.17 bits per heavy atom. The van der Waals surface area contributed by atoms with Gasteiger partial charge in [-0.15, -0.1) is 5.10 Å². The number of carbonyl (C=O) groups excluding carboxylic acids is 1. The van der Waals surface area contributed by atoms with Crippen molar-refractivity contribution in [3.05, 3.63) is 47.5 Å². The third-order valence-corrected chi connectivity index (χ3v) is 6.03. The van der Waals surface area contributed by atoms with E-state index in [9.17, 15) is 9.90 Å². The molecule has 2 aromatic heterocycles. The Kier molecular flexibility index (Phi) is 4.39. The Bertz CT molecular complexity index is 1110. The van der Waals surface area contributed by atoms with E-state index in [1.807, 2.05) is 50.2 Å². The van der Waals surface area contributed by atoms with E-state index in [1.54, 1.807) is 4.52 Å². The number of anilines is 3. The molecule has 156 valence electrons. The predicted octanol–water partition coefficient (Wildman–Crippen LogP) is 3.17. The Morgan fingerprint density at radius 2 is 1.97 bits per heavy atom. The first kappa shape index (κ1) is 18.9. The molecule has 1 saturated carbocycles. The number of aliphatic hydroxyl groups excluding tert-OH is 1. The highest BCUT2D eigenvalue weighted by atomic mass is 16.3. The maximum absolute atomic E-state index is 12.3. The van der Waals surface area contributed by atoms with E-state index in [-0.39, 0.29) is 17.6 Å². The smallest absolute Gasteiger partial charge is 0.252 e. The van der Waals surface area contributed by atoms with Gasteiger partial charge >= 0.3 is 0 Å². The van der Waals surface area contributed by atoms with Crippen LogP contribution in [0.15, 0.2) is 36.4 Å². The Hall–Kier alpha value is -3.13. The Morgan fingerprint density at radius 3 is 2.77 bits per heavy atom. The van der Waals surface area contributed by atoms with Crippen molar-refractivity contribution in [3.63, 3.8) is 0 Å². The summed E-state index contributed by atoms with van der Waals surface area (Å²) in [6.07, 6.45) is 3.33. The molecule has 8 heteroatoms. The van der Waals surface area contributed by atoms with Crippen LogP contribution in [-0.2, 0) is 5.54 Å². The van der Waals surface area contributed by atoms with Gasteiger partial charge in [-0.1, -0.05) is 12.1 Å². The molecule has 0 unspecified atom stereocenters. The summed E-state index contributed by atoms with van der Waals surface area (Å²) in [5, 5.41) is 24.1. The number of aromatic nitrogens is 3. The van der Waals surface area contributed by atoms with Crippen LogP contribution in [0.25, 0.3) is 5.65 Å². The lowest BCUT2D eigenvalue weighted by molar-refractivity contribution is 0.0940.